The molecule has 5 heteroatoms. The molecular weight excluding hydrogens is 214 g/mol. The Labute approximate surface area is 103 Å². The molecule has 1 aliphatic heterocycles. The van der Waals surface area contributed by atoms with Crippen LogP contribution in [0.1, 0.15) is 12.8 Å². The molecule has 2 rings (SSSR count). The van der Waals surface area contributed by atoms with Crippen LogP contribution < -0.4 is 10.2 Å². The van der Waals surface area contributed by atoms with Gasteiger partial charge in [-0.2, -0.15) is 0 Å². The number of nitrogens with zero attached hydrogens (tertiary/aromatic N) is 4. The van der Waals surface area contributed by atoms with Crippen LogP contribution >= 0.6 is 0 Å². The number of hydrogen-bond acceptors (Lipinski definition) is 5. The topological polar surface area (TPSA) is 44.3 Å². The molecule has 2 heterocycles. The second kappa shape index (κ2) is 5.31. The Morgan fingerprint density at radius 2 is 2.24 bits per heavy atom. The van der Waals surface area contributed by atoms with Crippen LogP contribution in [0.4, 0.5) is 11.6 Å². The summed E-state index contributed by atoms with van der Waals surface area (Å²) in [5, 5.41) is 3.03. The van der Waals surface area contributed by atoms with E-state index in [-0.39, 0.29) is 0 Å². The molecule has 1 aliphatic rings. The summed E-state index contributed by atoms with van der Waals surface area (Å²) in [7, 11) is 6.15. The van der Waals surface area contributed by atoms with Crippen molar-refractivity contribution in [3.05, 3.63) is 12.4 Å². The van der Waals surface area contributed by atoms with E-state index >= 15 is 0 Å². The Kier molecular flexibility index (Phi) is 3.78. The zero-order chi connectivity index (χ0) is 12.3. The molecule has 0 bridgehead atoms. The van der Waals surface area contributed by atoms with Crippen LogP contribution in [0.25, 0.3) is 0 Å². The maximum Gasteiger partial charge on any atom is 0.149 e. The minimum atomic E-state index is 0.615. The van der Waals surface area contributed by atoms with E-state index in [9.17, 15) is 0 Å². The van der Waals surface area contributed by atoms with E-state index in [1.54, 1.807) is 6.20 Å². The minimum absolute atomic E-state index is 0.615. The number of piperidine rings is 1. The Balaban J connectivity index is 2.10. The van der Waals surface area contributed by atoms with Crippen LogP contribution in [0.2, 0.25) is 0 Å². The second-order valence-electron chi connectivity index (χ2n) is 4.72. The minimum Gasteiger partial charge on any atom is -0.372 e. The summed E-state index contributed by atoms with van der Waals surface area (Å²) in [5.41, 5.74) is 0. The van der Waals surface area contributed by atoms with Gasteiger partial charge in [0.15, 0.2) is 0 Å². The van der Waals surface area contributed by atoms with E-state index in [1.165, 1.54) is 12.8 Å². The largest absolute Gasteiger partial charge is 0.372 e. The Hall–Kier alpha value is -1.36. The molecule has 0 spiro atoms. The molecule has 0 aliphatic carbocycles. The normalized spacial score (nSPS) is 20.7. The molecule has 1 aromatic heterocycles. The van der Waals surface area contributed by atoms with Crippen LogP contribution in [0.3, 0.4) is 0 Å². The van der Waals surface area contributed by atoms with Crippen molar-refractivity contribution in [2.24, 2.45) is 0 Å². The molecule has 0 saturated carbocycles. The Bertz CT molecular complexity index is 366. The van der Waals surface area contributed by atoms with E-state index < -0.39 is 0 Å². The van der Waals surface area contributed by atoms with Gasteiger partial charge in [0.25, 0.3) is 0 Å². The van der Waals surface area contributed by atoms with E-state index in [0.29, 0.717) is 6.04 Å². The fraction of sp³-hybridized carbons (Fsp3) is 0.667. The van der Waals surface area contributed by atoms with Gasteiger partial charge in [0.05, 0.1) is 12.4 Å². The SMILES string of the molecule is CNc1cncc(N2CCCC(N(C)C)C2)n1. The average molecular weight is 235 g/mol. The smallest absolute Gasteiger partial charge is 0.149 e. The summed E-state index contributed by atoms with van der Waals surface area (Å²) in [6, 6.07) is 0.615. The van der Waals surface area contributed by atoms with Crippen LogP contribution in [-0.2, 0) is 0 Å². The van der Waals surface area contributed by atoms with Crippen LogP contribution in [0.15, 0.2) is 12.4 Å². The molecule has 0 aromatic carbocycles. The van der Waals surface area contributed by atoms with Gasteiger partial charge in [0, 0.05) is 26.2 Å². The molecule has 0 amide bonds. The third-order valence-electron chi connectivity index (χ3n) is 3.33. The first kappa shape index (κ1) is 12.1. The Morgan fingerprint density at radius 3 is 2.94 bits per heavy atom. The van der Waals surface area contributed by atoms with Crippen molar-refractivity contribution in [1.82, 2.24) is 14.9 Å². The van der Waals surface area contributed by atoms with Gasteiger partial charge in [-0.1, -0.05) is 0 Å². The second-order valence-corrected chi connectivity index (χ2v) is 4.72. The van der Waals surface area contributed by atoms with Gasteiger partial charge in [0.1, 0.15) is 11.6 Å². The summed E-state index contributed by atoms with van der Waals surface area (Å²) >= 11 is 0. The van der Waals surface area contributed by atoms with Gasteiger partial charge in [-0.05, 0) is 26.9 Å². The highest BCUT2D eigenvalue weighted by Gasteiger charge is 2.22. The molecule has 17 heavy (non-hydrogen) atoms. The van der Waals surface area contributed by atoms with Crippen molar-refractivity contribution in [1.29, 1.82) is 0 Å². The zero-order valence-electron chi connectivity index (χ0n) is 10.8. The standard InChI is InChI=1S/C12H21N5/c1-13-11-7-14-8-12(15-11)17-6-4-5-10(9-17)16(2)3/h7-8,10H,4-6,9H2,1-3H3,(H,13,15). The first-order chi connectivity index (χ1) is 8.20. The third kappa shape index (κ3) is 2.85. The van der Waals surface area contributed by atoms with Crippen molar-refractivity contribution < 1.29 is 0 Å². The molecule has 0 radical (unpaired) electrons. The van der Waals surface area contributed by atoms with Crippen molar-refractivity contribution in [3.63, 3.8) is 0 Å². The summed E-state index contributed by atoms with van der Waals surface area (Å²) in [6.45, 7) is 2.11. The maximum atomic E-state index is 4.54. The van der Waals surface area contributed by atoms with Crippen molar-refractivity contribution >= 4 is 11.6 Å². The Morgan fingerprint density at radius 1 is 1.41 bits per heavy atom. The van der Waals surface area contributed by atoms with Crippen LogP contribution in [0, 0.1) is 0 Å². The predicted molar refractivity (Wildman–Crippen MR) is 70.5 cm³/mol. The van der Waals surface area contributed by atoms with Crippen LogP contribution in [-0.4, -0.2) is 55.1 Å². The zero-order valence-corrected chi connectivity index (χ0v) is 10.8. The van der Waals surface area contributed by atoms with Gasteiger partial charge < -0.3 is 15.1 Å². The molecule has 1 aromatic rings. The molecule has 94 valence electrons. The molecule has 1 fully saturated rings. The van der Waals surface area contributed by atoms with E-state index in [4.69, 9.17) is 0 Å². The summed E-state index contributed by atoms with van der Waals surface area (Å²) in [4.78, 5) is 13.4. The fourth-order valence-electron chi connectivity index (χ4n) is 2.21. The third-order valence-corrected chi connectivity index (χ3v) is 3.33. The highest BCUT2D eigenvalue weighted by Crippen LogP contribution is 2.20. The van der Waals surface area contributed by atoms with Gasteiger partial charge in [-0.15, -0.1) is 0 Å². The molecule has 1 atom stereocenters. The van der Waals surface area contributed by atoms with Crippen molar-refractivity contribution in [2.45, 2.75) is 18.9 Å². The predicted octanol–water partition coefficient (Wildman–Crippen LogP) is 1.05. The lowest BCUT2D eigenvalue weighted by Gasteiger charge is -2.36. The first-order valence-electron chi connectivity index (χ1n) is 6.12. The van der Waals surface area contributed by atoms with E-state index in [1.807, 2.05) is 13.2 Å². The number of hydrogen-bond donors (Lipinski definition) is 1. The summed E-state index contributed by atoms with van der Waals surface area (Å²) < 4.78 is 0. The number of aromatic nitrogens is 2. The highest BCUT2D eigenvalue weighted by molar-refractivity contribution is 5.43. The van der Waals surface area contributed by atoms with Crippen molar-refractivity contribution in [3.8, 4) is 0 Å². The molecule has 1 unspecified atom stereocenters. The fourth-order valence-corrected chi connectivity index (χ4v) is 2.21. The number of anilines is 2. The summed E-state index contributed by atoms with van der Waals surface area (Å²) in [6.07, 6.45) is 6.08. The lowest BCUT2D eigenvalue weighted by molar-refractivity contribution is 0.257. The molecular formula is C12H21N5. The first-order valence-corrected chi connectivity index (χ1v) is 6.12. The van der Waals surface area contributed by atoms with Crippen molar-refractivity contribution in [2.75, 3.05) is 44.4 Å². The summed E-state index contributed by atoms with van der Waals surface area (Å²) in [5.74, 6) is 1.80. The van der Waals surface area contributed by atoms with Gasteiger partial charge in [-0.25, -0.2) is 4.98 Å². The van der Waals surface area contributed by atoms with E-state index in [0.717, 1.165) is 24.7 Å². The van der Waals surface area contributed by atoms with Gasteiger partial charge in [-0.3, -0.25) is 4.98 Å². The monoisotopic (exact) mass is 235 g/mol. The lowest BCUT2D eigenvalue weighted by Crippen LogP contribution is -2.45. The number of likely N-dealkylation sites (N-methyl/N-ethyl adjacent to an activating group) is 1. The lowest BCUT2D eigenvalue weighted by atomic mass is 10.1. The van der Waals surface area contributed by atoms with Crippen LogP contribution in [0.5, 0.6) is 0 Å². The maximum absolute atomic E-state index is 4.54. The number of nitrogens with one attached hydrogen (secondary N) is 1. The molecule has 1 N–H and O–H groups in total. The average Bonchev–Trinajstić information content (AvgIpc) is 2.39. The van der Waals surface area contributed by atoms with E-state index in [2.05, 4.69) is 39.2 Å². The van der Waals surface area contributed by atoms with Gasteiger partial charge >= 0.3 is 0 Å². The highest BCUT2D eigenvalue weighted by atomic mass is 15.3. The van der Waals surface area contributed by atoms with Gasteiger partial charge in [0.2, 0.25) is 0 Å². The molecule has 1 saturated heterocycles. The quantitative estimate of drug-likeness (QED) is 0.848. The number of rotatable bonds is 3. The molecule has 5 nitrogen and oxygen atoms in total.